The fourth-order valence-corrected chi connectivity index (χ4v) is 11.8. The van der Waals surface area contributed by atoms with Crippen molar-refractivity contribution in [3.63, 3.8) is 0 Å². The van der Waals surface area contributed by atoms with E-state index in [2.05, 4.69) is 12.1 Å². The van der Waals surface area contributed by atoms with Crippen LogP contribution in [0.5, 0.6) is 0 Å². The molecule has 86 heavy (non-hydrogen) atoms. The van der Waals surface area contributed by atoms with Crippen molar-refractivity contribution in [2.75, 3.05) is 0 Å². The normalized spacial score (nSPS) is 12.4. The Balaban J connectivity index is 1.21. The highest BCUT2D eigenvalue weighted by molar-refractivity contribution is 6.13. The molecule has 16 heteroatoms. The monoisotopic (exact) mass is 1170 g/mol. The summed E-state index contributed by atoms with van der Waals surface area (Å²) in [5, 5.41) is 24.2. The molecule has 12 rings (SSSR count). The van der Waals surface area contributed by atoms with Crippen molar-refractivity contribution in [2.45, 2.75) is 52.4 Å². The lowest BCUT2D eigenvalue weighted by atomic mass is 9.97. The fraction of sp³-hybridized carbons (Fsp3) is 0.114. The summed E-state index contributed by atoms with van der Waals surface area (Å²) in [6.45, 7) is 6.14. The second-order valence-electron chi connectivity index (χ2n) is 21.6. The van der Waals surface area contributed by atoms with Crippen LogP contribution >= 0.6 is 0 Å². The molecule has 0 amide bonds. The third kappa shape index (κ3) is 10.2. The minimum atomic E-state index is -4.70. The third-order valence-corrected chi connectivity index (χ3v) is 15.5. The minimum absolute atomic E-state index is 0.0241. The fourth-order valence-electron chi connectivity index (χ4n) is 11.8. The molecule has 0 fully saturated rings. The zero-order chi connectivity index (χ0) is 61.1. The molecule has 10 aromatic carbocycles. The van der Waals surface area contributed by atoms with Gasteiger partial charge in [-0.05, 0) is 197 Å². The predicted octanol–water partition coefficient (Wildman–Crippen LogP) is 21.3. The number of alkyl halides is 12. The Morgan fingerprint density at radius 2 is 0.628 bits per heavy atom. The van der Waals surface area contributed by atoms with Gasteiger partial charge in [0.2, 0.25) is 0 Å². The molecule has 0 bridgehead atoms. The van der Waals surface area contributed by atoms with E-state index in [1.165, 1.54) is 27.7 Å². The molecule has 0 atom stereocenters. The summed E-state index contributed by atoms with van der Waals surface area (Å²) in [6.07, 6.45) is -18.8. The van der Waals surface area contributed by atoms with Gasteiger partial charge in [-0.25, -0.2) is 0 Å². The number of fused-ring (bicyclic) bond motifs is 6. The van der Waals surface area contributed by atoms with Gasteiger partial charge in [0, 0.05) is 27.1 Å². The highest BCUT2D eigenvalue weighted by atomic mass is 19.4. The number of nitriles is 2. The van der Waals surface area contributed by atoms with Gasteiger partial charge >= 0.3 is 24.7 Å². The van der Waals surface area contributed by atoms with Gasteiger partial charge in [-0.2, -0.15) is 63.2 Å². The molecule has 2 heterocycles. The number of benzene rings is 10. The Bertz CT molecular complexity index is 4660. The Hall–Kier alpha value is -10.1. The summed E-state index contributed by atoms with van der Waals surface area (Å²) in [4.78, 5) is 0. The SMILES string of the molecule is Cc1cc(-c2ccc3c4ccc(-c5cc(C)cc(C(F)(F)F)c5)cc4n(-c4cc(-c5cccc(C#N)c5)c(-n5c6cc(-c7cc(C)cc(C(F)(F)F)c7)ccc6c6ccc(-c7cc(C)cc(C(F)(F)F)c7)cc65)cc4C#N)c3c2)cc(C(F)(F)F)c1. The van der Waals surface area contributed by atoms with Crippen LogP contribution in [-0.4, -0.2) is 9.13 Å². The number of halogens is 12. The van der Waals surface area contributed by atoms with E-state index in [4.69, 9.17) is 0 Å². The molecule has 426 valence electrons. The van der Waals surface area contributed by atoms with E-state index >= 15 is 0 Å². The van der Waals surface area contributed by atoms with Gasteiger partial charge in [-0.1, -0.05) is 84.9 Å². The first-order valence-electron chi connectivity index (χ1n) is 26.7. The highest BCUT2D eigenvalue weighted by Gasteiger charge is 2.35. The summed E-state index contributed by atoms with van der Waals surface area (Å²) < 4.78 is 176. The van der Waals surface area contributed by atoms with Crippen molar-refractivity contribution in [2.24, 2.45) is 0 Å². The maximum atomic E-state index is 14.4. The third-order valence-electron chi connectivity index (χ3n) is 15.5. The molecule has 0 aliphatic carbocycles. The van der Waals surface area contributed by atoms with Gasteiger partial charge in [-0.15, -0.1) is 0 Å². The Morgan fingerprint density at radius 1 is 0.302 bits per heavy atom. The molecule has 0 aliphatic heterocycles. The number of hydrogen-bond acceptors (Lipinski definition) is 2. The van der Waals surface area contributed by atoms with Crippen LogP contribution in [0.4, 0.5) is 52.7 Å². The van der Waals surface area contributed by atoms with Crippen molar-refractivity contribution in [1.29, 1.82) is 10.5 Å². The molecule has 4 nitrogen and oxygen atoms in total. The van der Waals surface area contributed by atoms with Crippen LogP contribution in [0.1, 0.15) is 55.6 Å². The van der Waals surface area contributed by atoms with Crippen LogP contribution in [-0.2, 0) is 24.7 Å². The minimum Gasteiger partial charge on any atom is -0.309 e. The zero-order valence-electron chi connectivity index (χ0n) is 45.6. The van der Waals surface area contributed by atoms with Crippen molar-refractivity contribution in [3.05, 3.63) is 238 Å². The van der Waals surface area contributed by atoms with Gasteiger partial charge in [0.25, 0.3) is 0 Å². The summed E-state index contributed by atoms with van der Waals surface area (Å²) in [7, 11) is 0. The summed E-state index contributed by atoms with van der Waals surface area (Å²) in [5.41, 5.74) is 3.00. The first-order chi connectivity index (χ1) is 40.6. The Morgan fingerprint density at radius 3 is 0.930 bits per heavy atom. The largest absolute Gasteiger partial charge is 0.416 e. The number of rotatable bonds is 7. The topological polar surface area (TPSA) is 57.4 Å². The second-order valence-corrected chi connectivity index (χ2v) is 21.6. The average Bonchev–Trinajstić information content (AvgIpc) is 1.58. The molecule has 0 aliphatic rings. The second kappa shape index (κ2) is 20.3. The van der Waals surface area contributed by atoms with Crippen LogP contribution in [0, 0.1) is 50.4 Å². The van der Waals surface area contributed by atoms with Gasteiger partial charge < -0.3 is 9.13 Å². The maximum Gasteiger partial charge on any atom is 0.416 e. The molecular weight excluding hydrogens is 1120 g/mol. The molecule has 0 saturated carbocycles. The van der Waals surface area contributed by atoms with Crippen LogP contribution in [0.25, 0.3) is 111 Å². The average molecular weight is 1170 g/mol. The van der Waals surface area contributed by atoms with E-state index in [0.29, 0.717) is 99.2 Å². The molecular formula is C70H42F12N4. The molecule has 0 spiro atoms. The van der Waals surface area contributed by atoms with E-state index in [9.17, 15) is 63.2 Å². The summed E-state index contributed by atoms with van der Waals surface area (Å²) >= 11 is 0. The van der Waals surface area contributed by atoms with E-state index < -0.39 is 47.0 Å². The van der Waals surface area contributed by atoms with Crippen LogP contribution in [0.2, 0.25) is 0 Å². The lowest BCUT2D eigenvalue weighted by Crippen LogP contribution is -2.06. The molecule has 0 saturated heterocycles. The maximum absolute atomic E-state index is 14.4. The van der Waals surface area contributed by atoms with Gasteiger partial charge in [0.15, 0.2) is 0 Å². The molecule has 0 unspecified atom stereocenters. The van der Waals surface area contributed by atoms with Gasteiger partial charge in [0.05, 0.1) is 72.9 Å². The predicted molar refractivity (Wildman–Crippen MR) is 311 cm³/mol. The quantitative estimate of drug-likeness (QED) is 0.149. The molecule has 0 N–H and O–H groups in total. The first kappa shape index (κ1) is 56.4. The molecule has 12 aromatic rings. The highest BCUT2D eigenvalue weighted by Crippen LogP contribution is 2.46. The van der Waals surface area contributed by atoms with E-state index in [0.717, 1.165) is 48.5 Å². The molecule has 0 radical (unpaired) electrons. The summed E-state index contributed by atoms with van der Waals surface area (Å²) in [6, 6.07) is 49.2. The standard InChI is InChI=1S/C70H42F12N4/c1-37-16-47(25-52(20-37)67(71,72)73)42-8-12-56-57-13-9-43(48-17-38(2)21-53(26-48)68(74,75)76)30-63(57)85(62(56)29-42)61-34-60(46-7-5-6-41(24-46)35-83)66(33-51(61)36-84)86-64-31-44(49-18-39(3)22-54(27-49)69(77,78)79)10-14-58(64)59-15-11-45(32-65(59)86)50-19-40(4)23-55(28-50)70(80,81)82/h5-34H,1-4H3. The Kier molecular flexibility index (Phi) is 13.3. The summed E-state index contributed by atoms with van der Waals surface area (Å²) in [5.74, 6) is 0. The smallest absolute Gasteiger partial charge is 0.309 e. The number of nitrogens with zero attached hydrogens (tertiary/aromatic N) is 4. The van der Waals surface area contributed by atoms with E-state index in [1.807, 2.05) is 0 Å². The number of aromatic nitrogens is 2. The number of aryl methyl sites for hydroxylation is 4. The van der Waals surface area contributed by atoms with Crippen LogP contribution in [0.3, 0.4) is 0 Å². The zero-order valence-corrected chi connectivity index (χ0v) is 45.6. The van der Waals surface area contributed by atoms with Crippen LogP contribution in [0.15, 0.2) is 182 Å². The lowest BCUT2D eigenvalue weighted by molar-refractivity contribution is -0.138. The van der Waals surface area contributed by atoms with Crippen molar-refractivity contribution >= 4 is 43.6 Å². The number of hydrogen-bond donors (Lipinski definition) is 0. The van der Waals surface area contributed by atoms with Crippen molar-refractivity contribution in [3.8, 4) is 79.1 Å². The Labute approximate surface area is 483 Å². The molecule has 2 aromatic heterocycles. The first-order valence-corrected chi connectivity index (χ1v) is 26.7. The van der Waals surface area contributed by atoms with Gasteiger partial charge in [-0.3, -0.25) is 0 Å². The van der Waals surface area contributed by atoms with Gasteiger partial charge in [0.1, 0.15) is 6.07 Å². The van der Waals surface area contributed by atoms with Crippen molar-refractivity contribution < 1.29 is 52.7 Å². The van der Waals surface area contributed by atoms with E-state index in [1.54, 1.807) is 143 Å². The van der Waals surface area contributed by atoms with Crippen molar-refractivity contribution in [1.82, 2.24) is 9.13 Å². The lowest BCUT2D eigenvalue weighted by Gasteiger charge is -2.20. The van der Waals surface area contributed by atoms with E-state index in [-0.39, 0.29) is 44.8 Å². The van der Waals surface area contributed by atoms with Crippen LogP contribution < -0.4 is 0 Å².